The number of phenols is 1. The van der Waals surface area contributed by atoms with E-state index in [4.69, 9.17) is 0 Å². The number of rotatable bonds is 4. The van der Waals surface area contributed by atoms with Crippen LogP contribution < -0.4 is 5.32 Å². The second-order valence-corrected chi connectivity index (χ2v) is 5.84. The molecule has 3 N–H and O–H groups in total. The number of benzene rings is 2. The van der Waals surface area contributed by atoms with Gasteiger partial charge in [-0.3, -0.25) is 4.79 Å². The summed E-state index contributed by atoms with van der Waals surface area (Å²) in [4.78, 5) is 15.4. The molecule has 0 unspecified atom stereocenters. The highest BCUT2D eigenvalue weighted by atomic mass is 16.3. The number of carbonyl (C=O) groups excluding carboxylic acids is 1. The molecule has 1 aromatic heterocycles. The summed E-state index contributed by atoms with van der Waals surface area (Å²) in [6.07, 6.45) is 2.73. The molecule has 0 aliphatic rings. The van der Waals surface area contributed by atoms with Crippen LogP contribution in [0.15, 0.2) is 42.6 Å². The van der Waals surface area contributed by atoms with Crippen molar-refractivity contribution in [2.75, 3.05) is 6.54 Å². The van der Waals surface area contributed by atoms with E-state index in [0.717, 1.165) is 17.5 Å². The van der Waals surface area contributed by atoms with Crippen molar-refractivity contribution in [3.63, 3.8) is 0 Å². The fourth-order valence-corrected chi connectivity index (χ4v) is 2.81. The van der Waals surface area contributed by atoms with Crippen LogP contribution in [0.2, 0.25) is 0 Å². The van der Waals surface area contributed by atoms with Crippen LogP contribution in [0.3, 0.4) is 0 Å². The lowest BCUT2D eigenvalue weighted by molar-refractivity contribution is 0.0951. The zero-order valence-corrected chi connectivity index (χ0v) is 13.3. The third-order valence-electron chi connectivity index (χ3n) is 4.09. The van der Waals surface area contributed by atoms with E-state index in [1.54, 1.807) is 12.1 Å². The number of hydrogen-bond acceptors (Lipinski definition) is 2. The first-order chi connectivity index (χ1) is 11.1. The Morgan fingerprint density at radius 1 is 1.22 bits per heavy atom. The minimum absolute atomic E-state index is 0.0187. The number of aromatic amines is 1. The van der Waals surface area contributed by atoms with Gasteiger partial charge in [-0.25, -0.2) is 0 Å². The van der Waals surface area contributed by atoms with E-state index in [1.165, 1.54) is 16.5 Å². The lowest BCUT2D eigenvalue weighted by Gasteiger charge is -2.07. The number of amides is 1. The SMILES string of the molecule is Cc1ccc(C(=O)NCCc2c[nH]c3c(C)cccc23)c(O)c1. The Balaban J connectivity index is 1.66. The van der Waals surface area contributed by atoms with Gasteiger partial charge in [0.05, 0.1) is 5.56 Å². The number of aromatic hydroxyl groups is 1. The van der Waals surface area contributed by atoms with Gasteiger partial charge in [0.1, 0.15) is 5.75 Å². The summed E-state index contributed by atoms with van der Waals surface area (Å²) in [6.45, 7) is 4.47. The van der Waals surface area contributed by atoms with Gasteiger partial charge in [0.15, 0.2) is 0 Å². The second kappa shape index (κ2) is 6.16. The lowest BCUT2D eigenvalue weighted by Crippen LogP contribution is -2.25. The number of hydrogen-bond donors (Lipinski definition) is 3. The molecular weight excluding hydrogens is 288 g/mol. The predicted octanol–water partition coefficient (Wildman–Crippen LogP) is 3.46. The molecule has 23 heavy (non-hydrogen) atoms. The summed E-state index contributed by atoms with van der Waals surface area (Å²) in [6, 6.07) is 11.3. The summed E-state index contributed by atoms with van der Waals surface area (Å²) < 4.78 is 0. The average molecular weight is 308 g/mol. The number of aromatic nitrogens is 1. The van der Waals surface area contributed by atoms with Crippen LogP contribution in [0, 0.1) is 13.8 Å². The minimum Gasteiger partial charge on any atom is -0.507 e. The minimum atomic E-state index is -0.251. The van der Waals surface area contributed by atoms with E-state index in [2.05, 4.69) is 29.4 Å². The molecule has 3 aromatic rings. The first-order valence-corrected chi connectivity index (χ1v) is 7.69. The first-order valence-electron chi connectivity index (χ1n) is 7.69. The van der Waals surface area contributed by atoms with Crippen molar-refractivity contribution in [2.24, 2.45) is 0 Å². The van der Waals surface area contributed by atoms with Gasteiger partial charge in [-0.2, -0.15) is 0 Å². The second-order valence-electron chi connectivity index (χ2n) is 5.84. The summed E-state index contributed by atoms with van der Waals surface area (Å²) in [7, 11) is 0. The van der Waals surface area contributed by atoms with Crippen LogP contribution in [0.25, 0.3) is 10.9 Å². The zero-order chi connectivity index (χ0) is 16.4. The molecule has 0 radical (unpaired) electrons. The summed E-state index contributed by atoms with van der Waals surface area (Å²) in [5.74, 6) is -0.233. The largest absolute Gasteiger partial charge is 0.507 e. The Morgan fingerprint density at radius 3 is 2.83 bits per heavy atom. The Hall–Kier alpha value is -2.75. The molecule has 4 nitrogen and oxygen atoms in total. The summed E-state index contributed by atoms with van der Waals surface area (Å²) in [5.41, 5.74) is 4.77. The van der Waals surface area contributed by atoms with Gasteiger partial charge in [0.2, 0.25) is 0 Å². The van der Waals surface area contributed by atoms with Crippen LogP contribution in [-0.4, -0.2) is 22.5 Å². The van der Waals surface area contributed by atoms with Gasteiger partial charge in [0, 0.05) is 23.6 Å². The quantitative estimate of drug-likeness (QED) is 0.691. The number of aryl methyl sites for hydroxylation is 2. The van der Waals surface area contributed by atoms with E-state index in [0.29, 0.717) is 12.1 Å². The van der Waals surface area contributed by atoms with Gasteiger partial charge in [0.25, 0.3) is 5.91 Å². The molecular formula is C19H20N2O2. The maximum absolute atomic E-state index is 12.1. The van der Waals surface area contributed by atoms with Gasteiger partial charge < -0.3 is 15.4 Å². The number of phenolic OH excluding ortho intramolecular Hbond substituents is 1. The normalized spacial score (nSPS) is 10.9. The Bertz CT molecular complexity index is 865. The van der Waals surface area contributed by atoms with Crippen LogP contribution in [0.5, 0.6) is 5.75 Å². The maximum Gasteiger partial charge on any atom is 0.255 e. The highest BCUT2D eigenvalue weighted by Crippen LogP contribution is 2.21. The van der Waals surface area contributed by atoms with Gasteiger partial charge in [-0.05, 0) is 49.1 Å². The molecule has 0 atom stereocenters. The van der Waals surface area contributed by atoms with Crippen LogP contribution in [-0.2, 0) is 6.42 Å². The van der Waals surface area contributed by atoms with Crippen molar-refractivity contribution in [1.82, 2.24) is 10.3 Å². The summed E-state index contributed by atoms with van der Waals surface area (Å²) >= 11 is 0. The molecule has 1 amide bonds. The van der Waals surface area contributed by atoms with Gasteiger partial charge in [-0.1, -0.05) is 24.3 Å². The number of nitrogens with one attached hydrogen (secondary N) is 2. The van der Waals surface area contributed by atoms with Crippen molar-refractivity contribution >= 4 is 16.8 Å². The van der Waals surface area contributed by atoms with Crippen molar-refractivity contribution < 1.29 is 9.90 Å². The molecule has 118 valence electrons. The number of H-pyrrole nitrogens is 1. The fraction of sp³-hybridized carbons (Fsp3) is 0.211. The molecule has 2 aromatic carbocycles. The molecule has 4 heteroatoms. The van der Waals surface area contributed by atoms with Crippen LogP contribution >= 0.6 is 0 Å². The number of carbonyl (C=O) groups is 1. The van der Waals surface area contributed by atoms with Crippen molar-refractivity contribution in [3.05, 3.63) is 64.8 Å². The van der Waals surface area contributed by atoms with E-state index < -0.39 is 0 Å². The highest BCUT2D eigenvalue weighted by molar-refractivity contribution is 5.96. The van der Waals surface area contributed by atoms with E-state index in [1.807, 2.05) is 25.3 Å². The molecule has 0 bridgehead atoms. The molecule has 0 aliphatic heterocycles. The third-order valence-corrected chi connectivity index (χ3v) is 4.09. The molecule has 1 heterocycles. The fourth-order valence-electron chi connectivity index (χ4n) is 2.81. The topological polar surface area (TPSA) is 65.1 Å². The van der Waals surface area contributed by atoms with Crippen molar-refractivity contribution in [1.29, 1.82) is 0 Å². The number of fused-ring (bicyclic) bond motifs is 1. The van der Waals surface area contributed by atoms with Crippen LogP contribution in [0.4, 0.5) is 0 Å². The van der Waals surface area contributed by atoms with Crippen molar-refractivity contribution in [3.8, 4) is 5.75 Å². The third kappa shape index (κ3) is 3.06. The van der Waals surface area contributed by atoms with Crippen molar-refractivity contribution in [2.45, 2.75) is 20.3 Å². The molecule has 3 rings (SSSR count). The predicted molar refractivity (Wildman–Crippen MR) is 91.9 cm³/mol. The molecule has 0 saturated carbocycles. The Labute approximate surface area is 135 Å². The van der Waals surface area contributed by atoms with E-state index in [-0.39, 0.29) is 11.7 Å². The van der Waals surface area contributed by atoms with Gasteiger partial charge >= 0.3 is 0 Å². The first kappa shape index (κ1) is 15.2. The highest BCUT2D eigenvalue weighted by Gasteiger charge is 2.11. The standard InChI is InChI=1S/C19H20N2O2/c1-12-6-7-16(17(22)10-12)19(23)20-9-8-14-11-21-18-13(2)4-3-5-15(14)18/h3-7,10-11,21-22H,8-9H2,1-2H3,(H,20,23). The van der Waals surface area contributed by atoms with E-state index >= 15 is 0 Å². The zero-order valence-electron chi connectivity index (χ0n) is 13.3. The van der Waals surface area contributed by atoms with Gasteiger partial charge in [-0.15, -0.1) is 0 Å². The van der Waals surface area contributed by atoms with Crippen LogP contribution in [0.1, 0.15) is 27.0 Å². The molecule has 0 saturated heterocycles. The van der Waals surface area contributed by atoms with E-state index in [9.17, 15) is 9.90 Å². The molecule has 0 aliphatic carbocycles. The maximum atomic E-state index is 12.1. The molecule has 0 spiro atoms. The summed E-state index contributed by atoms with van der Waals surface area (Å²) in [5, 5.41) is 13.9. The average Bonchev–Trinajstić information content (AvgIpc) is 2.92. The smallest absolute Gasteiger partial charge is 0.255 e. The Kier molecular flexibility index (Phi) is 4.06. The Morgan fingerprint density at radius 2 is 2.04 bits per heavy atom. The number of para-hydroxylation sites is 1. The lowest BCUT2D eigenvalue weighted by atomic mass is 10.1. The molecule has 0 fully saturated rings. The monoisotopic (exact) mass is 308 g/mol.